The van der Waals surface area contributed by atoms with Crippen LogP contribution in [0.5, 0.6) is 5.75 Å². The lowest BCUT2D eigenvalue weighted by molar-refractivity contribution is 0.102. The molecule has 1 fully saturated rings. The molecule has 0 aliphatic carbocycles. The van der Waals surface area contributed by atoms with Crippen LogP contribution in [0.3, 0.4) is 0 Å². The highest BCUT2D eigenvalue weighted by atomic mass is 35.5. The maximum atomic E-state index is 13.3. The summed E-state index contributed by atoms with van der Waals surface area (Å²) in [5.41, 5.74) is 0.375. The van der Waals surface area contributed by atoms with E-state index in [0.717, 1.165) is 11.3 Å². The summed E-state index contributed by atoms with van der Waals surface area (Å²) in [7, 11) is 1.40. The molecule has 1 saturated heterocycles. The lowest BCUT2D eigenvalue weighted by Gasteiger charge is -2.16. The molecule has 13 heteroatoms. The number of rotatable bonds is 7. The molecule has 9 nitrogen and oxygen atoms in total. The van der Waals surface area contributed by atoms with Crippen LogP contribution in [0.1, 0.15) is 39.4 Å². The van der Waals surface area contributed by atoms with Gasteiger partial charge in [-0.15, -0.1) is 11.3 Å². The first-order chi connectivity index (χ1) is 17.5. The van der Waals surface area contributed by atoms with E-state index in [1.165, 1.54) is 25.4 Å². The van der Waals surface area contributed by atoms with Gasteiger partial charge in [-0.05, 0) is 37.4 Å². The Morgan fingerprint density at radius 1 is 1.19 bits per heavy atom. The van der Waals surface area contributed by atoms with Crippen molar-refractivity contribution in [2.24, 2.45) is 0 Å². The monoisotopic (exact) mass is 581 g/mol. The third-order valence-corrected chi connectivity index (χ3v) is 7.35. The second-order valence-corrected chi connectivity index (χ2v) is 10.9. The highest BCUT2D eigenvalue weighted by Gasteiger charge is 2.35. The quantitative estimate of drug-likeness (QED) is 0.307. The summed E-state index contributed by atoms with van der Waals surface area (Å²) in [5, 5.41) is 16.1. The minimum Gasteiger partial charge on any atom is -0.494 e. The fourth-order valence-corrected chi connectivity index (χ4v) is 5.28. The molecule has 1 aliphatic heterocycles. The summed E-state index contributed by atoms with van der Waals surface area (Å²) < 4.78 is 10.9. The first-order valence-corrected chi connectivity index (χ1v) is 12.9. The van der Waals surface area contributed by atoms with Gasteiger partial charge in [-0.1, -0.05) is 34.8 Å². The fourth-order valence-electron chi connectivity index (χ4n) is 3.72. The number of thiophene rings is 1. The summed E-state index contributed by atoms with van der Waals surface area (Å²) in [6, 6.07) is 6.07. The number of amidine groups is 1. The Balaban J connectivity index is 1.58. The highest BCUT2D eigenvalue weighted by molar-refractivity contribution is 7.13. The lowest BCUT2D eigenvalue weighted by atomic mass is 10.1. The number of nitrogens with zero attached hydrogens (tertiary/aromatic N) is 2. The number of carbonyl (C=O) groups is 2. The van der Waals surface area contributed by atoms with Crippen LogP contribution in [-0.2, 0) is 11.3 Å². The molecular formula is C24H22Cl3N5O4S. The predicted molar refractivity (Wildman–Crippen MR) is 146 cm³/mol. The standard InChI is InChI=1S/C24H22Cl3N5O4S/c1-24(2)11-32(23(28)36-24)9-12-10-37-20(18(12)27)22(34)31-19-15(6-14(26)7-16(19)35-3)21(33)30-17-5-4-13(25)8-29-17/h4-8,10,28H,9,11H2,1-3H3,(H,31,34)(H,29,30,33). The number of hydrogen-bond donors (Lipinski definition) is 3. The van der Waals surface area contributed by atoms with Crippen molar-refractivity contribution in [2.75, 3.05) is 24.3 Å². The van der Waals surface area contributed by atoms with Crippen LogP contribution in [0.25, 0.3) is 0 Å². The number of benzene rings is 1. The molecule has 37 heavy (non-hydrogen) atoms. The van der Waals surface area contributed by atoms with Gasteiger partial charge in [0, 0.05) is 29.4 Å². The summed E-state index contributed by atoms with van der Waals surface area (Å²) in [4.78, 5) is 32.4. The van der Waals surface area contributed by atoms with E-state index >= 15 is 0 Å². The molecule has 3 N–H and O–H groups in total. The van der Waals surface area contributed by atoms with Crippen LogP contribution in [0.2, 0.25) is 15.1 Å². The topological polar surface area (TPSA) is 117 Å². The molecule has 0 atom stereocenters. The molecule has 4 rings (SSSR count). The molecule has 194 valence electrons. The van der Waals surface area contributed by atoms with Crippen molar-refractivity contribution >= 4 is 75.5 Å². The number of methoxy groups -OCH3 is 1. The average Bonchev–Trinajstić information content (AvgIpc) is 3.33. The average molecular weight is 583 g/mol. The van der Waals surface area contributed by atoms with E-state index in [-0.39, 0.29) is 43.8 Å². The van der Waals surface area contributed by atoms with Crippen molar-refractivity contribution in [3.63, 3.8) is 0 Å². The van der Waals surface area contributed by atoms with Crippen LogP contribution in [0.15, 0.2) is 35.8 Å². The van der Waals surface area contributed by atoms with Gasteiger partial charge in [0.25, 0.3) is 17.8 Å². The number of nitrogens with one attached hydrogen (secondary N) is 3. The zero-order valence-corrected chi connectivity index (χ0v) is 23.0. The Morgan fingerprint density at radius 2 is 1.95 bits per heavy atom. The Kier molecular flexibility index (Phi) is 7.84. The minimum atomic E-state index is -0.570. The van der Waals surface area contributed by atoms with Gasteiger partial charge in [-0.25, -0.2) is 4.98 Å². The maximum absolute atomic E-state index is 13.3. The third-order valence-electron chi connectivity index (χ3n) is 5.34. The van der Waals surface area contributed by atoms with E-state index in [0.29, 0.717) is 23.7 Å². The zero-order chi connectivity index (χ0) is 26.9. The van der Waals surface area contributed by atoms with Crippen molar-refractivity contribution in [1.29, 1.82) is 5.41 Å². The molecule has 0 unspecified atom stereocenters. The highest BCUT2D eigenvalue weighted by Crippen LogP contribution is 2.36. The predicted octanol–water partition coefficient (Wildman–Crippen LogP) is 6.16. The smallest absolute Gasteiger partial charge is 0.285 e. The normalized spacial score (nSPS) is 14.3. The van der Waals surface area contributed by atoms with Crippen molar-refractivity contribution in [3.8, 4) is 5.75 Å². The van der Waals surface area contributed by atoms with E-state index in [4.69, 9.17) is 49.7 Å². The van der Waals surface area contributed by atoms with Crippen LogP contribution in [0, 0.1) is 5.41 Å². The van der Waals surface area contributed by atoms with Gasteiger partial charge in [0.2, 0.25) is 0 Å². The third kappa shape index (κ3) is 6.10. The molecule has 3 heterocycles. The number of anilines is 2. The van der Waals surface area contributed by atoms with Crippen LogP contribution in [-0.4, -0.2) is 47.0 Å². The lowest BCUT2D eigenvalue weighted by Crippen LogP contribution is -2.28. The molecule has 3 aromatic rings. The van der Waals surface area contributed by atoms with Gasteiger partial charge in [0.05, 0.1) is 35.0 Å². The minimum absolute atomic E-state index is 0.0509. The van der Waals surface area contributed by atoms with Gasteiger partial charge in [-0.2, -0.15) is 0 Å². The molecule has 2 aromatic heterocycles. The second-order valence-electron chi connectivity index (χ2n) is 8.73. The van der Waals surface area contributed by atoms with E-state index in [9.17, 15) is 9.59 Å². The Morgan fingerprint density at radius 3 is 2.57 bits per heavy atom. The zero-order valence-electron chi connectivity index (χ0n) is 19.9. The largest absolute Gasteiger partial charge is 0.494 e. The van der Waals surface area contributed by atoms with Gasteiger partial charge in [-0.3, -0.25) is 15.0 Å². The Bertz CT molecular complexity index is 1380. The van der Waals surface area contributed by atoms with Gasteiger partial charge >= 0.3 is 0 Å². The van der Waals surface area contributed by atoms with Gasteiger partial charge < -0.3 is 25.0 Å². The number of carbonyl (C=O) groups excluding carboxylic acids is 2. The summed E-state index contributed by atoms with van der Waals surface area (Å²) in [6.45, 7) is 4.62. The van der Waals surface area contributed by atoms with Crippen molar-refractivity contribution in [2.45, 2.75) is 26.0 Å². The van der Waals surface area contributed by atoms with Crippen molar-refractivity contribution < 1.29 is 19.1 Å². The van der Waals surface area contributed by atoms with Gasteiger partial charge in [0.15, 0.2) is 0 Å². The number of aromatic nitrogens is 1. The van der Waals surface area contributed by atoms with Crippen LogP contribution >= 0.6 is 46.1 Å². The first kappa shape index (κ1) is 27.0. The number of amides is 2. The van der Waals surface area contributed by atoms with Crippen molar-refractivity contribution in [1.82, 2.24) is 9.88 Å². The van der Waals surface area contributed by atoms with E-state index in [1.54, 1.807) is 22.4 Å². The van der Waals surface area contributed by atoms with Gasteiger partial charge in [0.1, 0.15) is 22.0 Å². The van der Waals surface area contributed by atoms with E-state index in [2.05, 4.69) is 15.6 Å². The van der Waals surface area contributed by atoms with E-state index < -0.39 is 17.4 Å². The van der Waals surface area contributed by atoms with Crippen LogP contribution < -0.4 is 15.4 Å². The molecule has 1 aliphatic rings. The number of halogens is 3. The molecular weight excluding hydrogens is 561 g/mol. The van der Waals surface area contributed by atoms with Crippen molar-refractivity contribution in [3.05, 3.63) is 66.9 Å². The first-order valence-electron chi connectivity index (χ1n) is 10.9. The molecule has 0 saturated carbocycles. The molecule has 2 amide bonds. The Hall–Kier alpha value is -3.05. The summed E-state index contributed by atoms with van der Waals surface area (Å²) in [5.74, 6) is -0.656. The van der Waals surface area contributed by atoms with Crippen LogP contribution in [0.4, 0.5) is 11.5 Å². The molecule has 0 bridgehead atoms. The Labute approximate surface area is 232 Å². The molecule has 0 radical (unpaired) electrons. The molecule has 1 aromatic carbocycles. The number of ether oxygens (including phenoxy) is 2. The summed E-state index contributed by atoms with van der Waals surface area (Å²) in [6.07, 6.45) is 1.39. The molecule has 0 spiro atoms. The van der Waals surface area contributed by atoms with E-state index in [1.807, 2.05) is 13.8 Å². The number of pyridine rings is 1. The number of hydrogen-bond acceptors (Lipinski definition) is 7. The maximum Gasteiger partial charge on any atom is 0.285 e. The second kappa shape index (κ2) is 10.7. The fraction of sp³-hybridized carbons (Fsp3) is 0.250. The summed E-state index contributed by atoms with van der Waals surface area (Å²) >= 11 is 19.8. The SMILES string of the molecule is COc1cc(Cl)cc(C(=O)Nc2ccc(Cl)cn2)c1NC(=O)c1scc(CN2CC(C)(C)OC2=N)c1Cl.